The molecule has 2 heterocycles. The van der Waals surface area contributed by atoms with Gasteiger partial charge in [-0.15, -0.1) is 0 Å². The molecule has 2 saturated heterocycles. The molecule has 6 nitrogen and oxygen atoms in total. The second kappa shape index (κ2) is 8.30. The van der Waals surface area contributed by atoms with Crippen molar-refractivity contribution in [2.75, 3.05) is 19.6 Å². The van der Waals surface area contributed by atoms with E-state index in [0.717, 1.165) is 11.1 Å². The van der Waals surface area contributed by atoms with Gasteiger partial charge in [0.05, 0.1) is 6.54 Å². The Morgan fingerprint density at radius 2 is 1.67 bits per heavy atom. The van der Waals surface area contributed by atoms with Crippen LogP contribution in [0, 0.1) is 5.92 Å². The molecule has 0 radical (unpaired) electrons. The molecule has 2 atom stereocenters. The number of rotatable bonds is 4. The first-order chi connectivity index (χ1) is 14.4. The highest BCUT2D eigenvalue weighted by molar-refractivity contribution is 5.99. The number of benzene rings is 2. The van der Waals surface area contributed by atoms with Crippen molar-refractivity contribution in [2.24, 2.45) is 5.92 Å². The fourth-order valence-electron chi connectivity index (χ4n) is 4.23. The van der Waals surface area contributed by atoms with Crippen LogP contribution in [0.4, 0.5) is 0 Å². The number of carbonyl (C=O) groups is 3. The maximum atomic E-state index is 13.0. The molecule has 0 aliphatic carbocycles. The minimum absolute atomic E-state index is 0.0346. The highest BCUT2D eigenvalue weighted by Crippen LogP contribution is 2.23. The first kappa shape index (κ1) is 20.1. The second-order valence-electron chi connectivity index (χ2n) is 8.43. The van der Waals surface area contributed by atoms with Crippen LogP contribution < -0.4 is 5.32 Å². The number of hydrogen-bond acceptors (Lipinski definition) is 3. The third-order valence-corrected chi connectivity index (χ3v) is 5.81. The van der Waals surface area contributed by atoms with E-state index in [2.05, 4.69) is 5.32 Å². The van der Waals surface area contributed by atoms with Gasteiger partial charge in [0.1, 0.15) is 12.1 Å². The van der Waals surface area contributed by atoms with Crippen molar-refractivity contribution in [2.45, 2.75) is 32.4 Å². The van der Waals surface area contributed by atoms with E-state index in [1.165, 1.54) is 0 Å². The van der Waals surface area contributed by atoms with Crippen LogP contribution >= 0.6 is 0 Å². The number of fused-ring (bicyclic) bond motifs is 1. The first-order valence-corrected chi connectivity index (χ1v) is 10.5. The van der Waals surface area contributed by atoms with E-state index in [1.54, 1.807) is 9.80 Å². The second-order valence-corrected chi connectivity index (χ2v) is 8.43. The zero-order valence-electron chi connectivity index (χ0n) is 17.4. The summed E-state index contributed by atoms with van der Waals surface area (Å²) in [4.78, 5) is 41.7. The smallest absolute Gasteiger partial charge is 0.253 e. The Hall–Kier alpha value is -3.15. The molecule has 2 aromatic carbocycles. The quantitative estimate of drug-likeness (QED) is 0.850. The number of piperazine rings is 2. The molecule has 2 aliphatic heterocycles. The predicted molar refractivity (Wildman–Crippen MR) is 115 cm³/mol. The van der Waals surface area contributed by atoms with Crippen LogP contribution in [-0.2, 0) is 9.59 Å². The van der Waals surface area contributed by atoms with E-state index < -0.39 is 12.1 Å². The summed E-state index contributed by atoms with van der Waals surface area (Å²) in [6, 6.07) is 16.4. The molecule has 0 unspecified atom stereocenters. The van der Waals surface area contributed by atoms with Crippen molar-refractivity contribution in [1.29, 1.82) is 0 Å². The van der Waals surface area contributed by atoms with Crippen LogP contribution in [0.2, 0.25) is 0 Å². The number of nitrogens with zero attached hydrogens (tertiary/aromatic N) is 2. The Balaban J connectivity index is 1.45. The fourth-order valence-corrected chi connectivity index (χ4v) is 4.23. The highest BCUT2D eigenvalue weighted by atomic mass is 16.2. The van der Waals surface area contributed by atoms with Gasteiger partial charge in [-0.25, -0.2) is 0 Å². The molecule has 1 N–H and O–H groups in total. The Bertz CT molecular complexity index is 940. The fraction of sp³-hybridized carbons (Fsp3) is 0.375. The summed E-state index contributed by atoms with van der Waals surface area (Å²) in [5, 5.41) is 2.85. The molecule has 0 saturated carbocycles. The summed E-state index contributed by atoms with van der Waals surface area (Å²) >= 11 is 0. The highest BCUT2D eigenvalue weighted by Gasteiger charge is 2.44. The molecule has 2 aliphatic rings. The predicted octanol–water partition coefficient (Wildman–Crippen LogP) is 2.55. The van der Waals surface area contributed by atoms with Gasteiger partial charge in [0.25, 0.3) is 5.91 Å². The Labute approximate surface area is 176 Å². The topological polar surface area (TPSA) is 69.7 Å². The maximum Gasteiger partial charge on any atom is 0.253 e. The summed E-state index contributed by atoms with van der Waals surface area (Å²) in [6.45, 7) is 5.12. The van der Waals surface area contributed by atoms with Crippen LogP contribution in [0.25, 0.3) is 11.1 Å². The van der Waals surface area contributed by atoms with Gasteiger partial charge in [-0.2, -0.15) is 0 Å². The molecule has 6 heteroatoms. The van der Waals surface area contributed by atoms with Gasteiger partial charge in [0.15, 0.2) is 0 Å². The minimum Gasteiger partial charge on any atom is -0.342 e. The zero-order valence-corrected chi connectivity index (χ0v) is 17.4. The molecule has 2 fully saturated rings. The van der Waals surface area contributed by atoms with Crippen LogP contribution in [0.5, 0.6) is 0 Å². The van der Waals surface area contributed by atoms with Crippen molar-refractivity contribution < 1.29 is 14.4 Å². The normalized spacial score (nSPS) is 21.4. The monoisotopic (exact) mass is 405 g/mol. The summed E-state index contributed by atoms with van der Waals surface area (Å²) in [6.07, 6.45) is 0.629. The standard InChI is InChI=1S/C24H27N3O3/c1-16(2)14-20-24(30)27-13-12-26(15-21(27)22(28)25-20)23(29)19-10-8-18(9-11-19)17-6-4-3-5-7-17/h3-11,16,20-21H,12-15H2,1-2H3,(H,25,28)/t20-,21-/m1/s1. The molecule has 0 spiro atoms. The molecule has 3 amide bonds. The summed E-state index contributed by atoms with van der Waals surface area (Å²) in [7, 11) is 0. The maximum absolute atomic E-state index is 13.0. The molecule has 0 aromatic heterocycles. The zero-order chi connectivity index (χ0) is 21.3. The summed E-state index contributed by atoms with van der Waals surface area (Å²) in [5.41, 5.74) is 2.73. The Morgan fingerprint density at radius 3 is 2.33 bits per heavy atom. The van der Waals surface area contributed by atoms with Gasteiger partial charge in [-0.1, -0.05) is 56.3 Å². The van der Waals surface area contributed by atoms with Crippen LogP contribution in [-0.4, -0.2) is 59.2 Å². The first-order valence-electron chi connectivity index (χ1n) is 10.5. The molecule has 156 valence electrons. The van der Waals surface area contributed by atoms with Crippen LogP contribution in [0.1, 0.15) is 30.6 Å². The average Bonchev–Trinajstić information content (AvgIpc) is 2.77. The lowest BCUT2D eigenvalue weighted by Crippen LogP contribution is -2.69. The minimum atomic E-state index is -0.609. The third kappa shape index (κ3) is 3.95. The van der Waals surface area contributed by atoms with Crippen LogP contribution in [0.15, 0.2) is 54.6 Å². The Kier molecular flexibility index (Phi) is 5.57. The molecular weight excluding hydrogens is 378 g/mol. The average molecular weight is 405 g/mol. The largest absolute Gasteiger partial charge is 0.342 e. The van der Waals surface area contributed by atoms with E-state index in [0.29, 0.717) is 31.0 Å². The lowest BCUT2D eigenvalue weighted by molar-refractivity contribution is -0.152. The lowest BCUT2D eigenvalue weighted by Gasteiger charge is -2.45. The molecular formula is C24H27N3O3. The van der Waals surface area contributed by atoms with E-state index >= 15 is 0 Å². The molecule has 2 aromatic rings. The summed E-state index contributed by atoms with van der Waals surface area (Å²) < 4.78 is 0. The van der Waals surface area contributed by atoms with Gasteiger partial charge in [0.2, 0.25) is 11.8 Å². The Morgan fingerprint density at radius 1 is 1.00 bits per heavy atom. The van der Waals surface area contributed by atoms with Crippen LogP contribution in [0.3, 0.4) is 0 Å². The van der Waals surface area contributed by atoms with E-state index in [9.17, 15) is 14.4 Å². The van der Waals surface area contributed by atoms with Gasteiger partial charge in [-0.05, 0) is 35.6 Å². The third-order valence-electron chi connectivity index (χ3n) is 5.81. The number of carbonyl (C=O) groups excluding carboxylic acids is 3. The van der Waals surface area contributed by atoms with E-state index in [1.807, 2.05) is 68.4 Å². The lowest BCUT2D eigenvalue weighted by atomic mass is 9.97. The van der Waals surface area contributed by atoms with E-state index in [-0.39, 0.29) is 24.3 Å². The van der Waals surface area contributed by atoms with Gasteiger partial charge in [0, 0.05) is 18.7 Å². The van der Waals surface area contributed by atoms with Crippen molar-refractivity contribution >= 4 is 17.7 Å². The molecule has 0 bridgehead atoms. The van der Waals surface area contributed by atoms with Gasteiger partial charge < -0.3 is 15.1 Å². The van der Waals surface area contributed by atoms with E-state index in [4.69, 9.17) is 0 Å². The van der Waals surface area contributed by atoms with Crippen molar-refractivity contribution in [3.05, 3.63) is 60.2 Å². The number of nitrogens with one attached hydrogen (secondary N) is 1. The molecule has 4 rings (SSSR count). The number of amides is 3. The van der Waals surface area contributed by atoms with Crippen molar-refractivity contribution in [1.82, 2.24) is 15.1 Å². The SMILES string of the molecule is CC(C)C[C@H]1NC(=O)[C@H]2CN(C(=O)c3ccc(-c4ccccc4)cc3)CCN2C1=O. The van der Waals surface area contributed by atoms with Gasteiger partial charge in [-0.3, -0.25) is 14.4 Å². The summed E-state index contributed by atoms with van der Waals surface area (Å²) in [5.74, 6) is 0.00104. The van der Waals surface area contributed by atoms with Crippen molar-refractivity contribution in [3.8, 4) is 11.1 Å². The van der Waals surface area contributed by atoms with Gasteiger partial charge >= 0.3 is 0 Å². The molecule has 30 heavy (non-hydrogen) atoms. The van der Waals surface area contributed by atoms with Crippen molar-refractivity contribution in [3.63, 3.8) is 0 Å². The number of hydrogen-bond donors (Lipinski definition) is 1.